The van der Waals surface area contributed by atoms with Crippen molar-refractivity contribution in [2.45, 2.75) is 19.6 Å². The van der Waals surface area contributed by atoms with Crippen LogP contribution in [0.2, 0.25) is 0 Å². The van der Waals surface area contributed by atoms with E-state index in [-0.39, 0.29) is 5.75 Å². The monoisotopic (exact) mass is 335 g/mol. The number of hydrogen-bond acceptors (Lipinski definition) is 3. The molecule has 0 amide bonds. The number of halogens is 1. The van der Waals surface area contributed by atoms with Crippen molar-refractivity contribution in [2.24, 2.45) is 0 Å². The minimum Gasteiger partial charge on any atom is -0.506 e. The quantitative estimate of drug-likeness (QED) is 0.785. The number of phenolic OH excluding ortho intramolecular Hbond substituents is 1. The first-order valence-electron chi connectivity index (χ1n) is 6.50. The molecule has 2 aromatic rings. The van der Waals surface area contributed by atoms with Gasteiger partial charge in [0.15, 0.2) is 0 Å². The molecule has 0 aliphatic carbocycles. The van der Waals surface area contributed by atoms with Crippen LogP contribution in [0.3, 0.4) is 0 Å². The Labute approximate surface area is 127 Å². The molecule has 0 aliphatic heterocycles. The Kier molecular flexibility index (Phi) is 5.17. The number of rotatable bonds is 5. The van der Waals surface area contributed by atoms with E-state index in [0.717, 1.165) is 16.7 Å². The predicted octanol–water partition coefficient (Wildman–Crippen LogP) is 3.29. The molecule has 106 valence electrons. The first-order chi connectivity index (χ1) is 9.59. The molecule has 0 aliphatic rings. The molecule has 3 N–H and O–H groups in total. The molecule has 0 spiro atoms. The first kappa shape index (κ1) is 15.0. The van der Waals surface area contributed by atoms with E-state index in [0.29, 0.717) is 17.6 Å². The van der Waals surface area contributed by atoms with Crippen LogP contribution in [0.4, 0.5) is 0 Å². The average molecular weight is 336 g/mol. The number of aliphatic hydroxyl groups is 1. The van der Waals surface area contributed by atoms with Gasteiger partial charge in [0.2, 0.25) is 0 Å². The molecular weight excluding hydrogens is 318 g/mol. The van der Waals surface area contributed by atoms with Crippen molar-refractivity contribution in [1.82, 2.24) is 5.32 Å². The van der Waals surface area contributed by atoms with E-state index in [2.05, 4.69) is 21.2 Å². The second-order valence-electron chi connectivity index (χ2n) is 4.75. The van der Waals surface area contributed by atoms with E-state index in [4.69, 9.17) is 0 Å². The van der Waals surface area contributed by atoms with Crippen molar-refractivity contribution in [1.29, 1.82) is 0 Å². The first-order valence-corrected chi connectivity index (χ1v) is 7.29. The number of benzene rings is 2. The molecule has 0 saturated carbocycles. The molecule has 0 bridgehead atoms. The van der Waals surface area contributed by atoms with Crippen LogP contribution in [-0.2, 0) is 6.54 Å². The van der Waals surface area contributed by atoms with Gasteiger partial charge < -0.3 is 15.5 Å². The standard InChI is InChI=1S/C16H18BrNO2/c1-11-5-2-3-7-13(11)15(19)10-18-9-12-6-4-8-14(17)16(12)20/h2-8,15,18-20H,9-10H2,1H3. The zero-order valence-corrected chi connectivity index (χ0v) is 12.9. The fourth-order valence-electron chi connectivity index (χ4n) is 2.12. The molecule has 0 radical (unpaired) electrons. The van der Waals surface area contributed by atoms with Crippen molar-refractivity contribution in [3.63, 3.8) is 0 Å². The summed E-state index contributed by atoms with van der Waals surface area (Å²) in [5.41, 5.74) is 2.81. The van der Waals surface area contributed by atoms with Crippen LogP contribution in [0.15, 0.2) is 46.9 Å². The van der Waals surface area contributed by atoms with E-state index in [1.165, 1.54) is 0 Å². The SMILES string of the molecule is Cc1ccccc1C(O)CNCc1cccc(Br)c1O. The smallest absolute Gasteiger partial charge is 0.134 e. The third-order valence-electron chi connectivity index (χ3n) is 3.27. The van der Waals surface area contributed by atoms with Crippen molar-refractivity contribution in [3.8, 4) is 5.75 Å². The van der Waals surface area contributed by atoms with Crippen molar-refractivity contribution >= 4 is 15.9 Å². The summed E-state index contributed by atoms with van der Waals surface area (Å²) in [7, 11) is 0. The van der Waals surface area contributed by atoms with E-state index < -0.39 is 6.10 Å². The van der Waals surface area contributed by atoms with Gasteiger partial charge in [-0.3, -0.25) is 0 Å². The van der Waals surface area contributed by atoms with Crippen LogP contribution in [0.25, 0.3) is 0 Å². The minimum absolute atomic E-state index is 0.241. The van der Waals surface area contributed by atoms with Crippen LogP contribution in [0.5, 0.6) is 5.75 Å². The van der Waals surface area contributed by atoms with Crippen LogP contribution in [-0.4, -0.2) is 16.8 Å². The van der Waals surface area contributed by atoms with Gasteiger partial charge in [0.1, 0.15) is 5.75 Å². The highest BCUT2D eigenvalue weighted by atomic mass is 79.9. The summed E-state index contributed by atoms with van der Waals surface area (Å²) >= 11 is 3.29. The topological polar surface area (TPSA) is 52.5 Å². The summed E-state index contributed by atoms with van der Waals surface area (Å²) < 4.78 is 0.677. The van der Waals surface area contributed by atoms with Crippen LogP contribution >= 0.6 is 15.9 Å². The summed E-state index contributed by atoms with van der Waals surface area (Å²) in [4.78, 5) is 0. The van der Waals surface area contributed by atoms with Gasteiger partial charge in [-0.1, -0.05) is 36.4 Å². The van der Waals surface area contributed by atoms with Gasteiger partial charge in [-0.05, 0) is 40.0 Å². The second-order valence-corrected chi connectivity index (χ2v) is 5.61. The van der Waals surface area contributed by atoms with Gasteiger partial charge in [-0.25, -0.2) is 0 Å². The van der Waals surface area contributed by atoms with Crippen molar-refractivity contribution in [2.75, 3.05) is 6.54 Å². The lowest BCUT2D eigenvalue weighted by atomic mass is 10.0. The van der Waals surface area contributed by atoms with Gasteiger partial charge in [-0.2, -0.15) is 0 Å². The highest BCUT2D eigenvalue weighted by Gasteiger charge is 2.10. The number of aryl methyl sites for hydroxylation is 1. The Morgan fingerprint density at radius 3 is 2.65 bits per heavy atom. The van der Waals surface area contributed by atoms with Crippen LogP contribution < -0.4 is 5.32 Å². The number of phenols is 1. The molecule has 1 unspecified atom stereocenters. The lowest BCUT2D eigenvalue weighted by molar-refractivity contribution is 0.173. The number of aliphatic hydroxyl groups excluding tert-OH is 1. The number of hydrogen-bond donors (Lipinski definition) is 3. The Bertz CT molecular complexity index is 586. The normalized spacial score (nSPS) is 12.3. The molecule has 0 aromatic heterocycles. The summed E-state index contributed by atoms with van der Waals surface area (Å²) in [5.74, 6) is 0.241. The van der Waals surface area contributed by atoms with Gasteiger partial charge in [0.05, 0.1) is 10.6 Å². The maximum absolute atomic E-state index is 10.2. The Morgan fingerprint density at radius 1 is 1.15 bits per heavy atom. The van der Waals surface area contributed by atoms with Gasteiger partial charge >= 0.3 is 0 Å². The molecule has 0 heterocycles. The predicted molar refractivity (Wildman–Crippen MR) is 83.7 cm³/mol. The second kappa shape index (κ2) is 6.88. The minimum atomic E-state index is -0.550. The maximum Gasteiger partial charge on any atom is 0.134 e. The highest BCUT2D eigenvalue weighted by molar-refractivity contribution is 9.10. The molecule has 0 saturated heterocycles. The number of para-hydroxylation sites is 1. The molecule has 0 fully saturated rings. The molecule has 4 heteroatoms. The lowest BCUT2D eigenvalue weighted by Gasteiger charge is -2.15. The zero-order chi connectivity index (χ0) is 14.5. The number of aromatic hydroxyl groups is 1. The highest BCUT2D eigenvalue weighted by Crippen LogP contribution is 2.27. The average Bonchev–Trinajstić information content (AvgIpc) is 2.44. The molecule has 2 aromatic carbocycles. The summed E-state index contributed by atoms with van der Waals surface area (Å²) in [6, 6.07) is 13.3. The van der Waals surface area contributed by atoms with Crippen LogP contribution in [0, 0.1) is 6.92 Å². The molecule has 3 nitrogen and oxygen atoms in total. The van der Waals surface area contributed by atoms with Crippen molar-refractivity contribution < 1.29 is 10.2 Å². The summed E-state index contributed by atoms with van der Waals surface area (Å²) in [5, 5.41) is 23.2. The fourth-order valence-corrected chi connectivity index (χ4v) is 2.52. The van der Waals surface area contributed by atoms with Gasteiger partial charge in [0.25, 0.3) is 0 Å². The lowest BCUT2D eigenvalue weighted by Crippen LogP contribution is -2.21. The fraction of sp³-hybridized carbons (Fsp3) is 0.250. The molecule has 2 rings (SSSR count). The summed E-state index contributed by atoms with van der Waals surface area (Å²) in [6.07, 6.45) is -0.550. The third-order valence-corrected chi connectivity index (χ3v) is 3.91. The van der Waals surface area contributed by atoms with E-state index in [1.54, 1.807) is 6.07 Å². The zero-order valence-electron chi connectivity index (χ0n) is 11.3. The Hall–Kier alpha value is -1.36. The third kappa shape index (κ3) is 3.60. The van der Waals surface area contributed by atoms with Crippen molar-refractivity contribution in [3.05, 3.63) is 63.6 Å². The molecule has 1 atom stereocenters. The number of nitrogens with one attached hydrogen (secondary N) is 1. The van der Waals surface area contributed by atoms with Gasteiger partial charge in [-0.15, -0.1) is 0 Å². The van der Waals surface area contributed by atoms with E-state index in [1.807, 2.05) is 43.3 Å². The molecular formula is C16H18BrNO2. The van der Waals surface area contributed by atoms with Gasteiger partial charge in [0, 0.05) is 18.7 Å². The van der Waals surface area contributed by atoms with E-state index >= 15 is 0 Å². The Morgan fingerprint density at radius 2 is 1.90 bits per heavy atom. The molecule has 20 heavy (non-hydrogen) atoms. The summed E-state index contributed by atoms with van der Waals surface area (Å²) in [6.45, 7) is 2.93. The largest absolute Gasteiger partial charge is 0.506 e. The Balaban J connectivity index is 1.93. The van der Waals surface area contributed by atoms with E-state index in [9.17, 15) is 10.2 Å². The van der Waals surface area contributed by atoms with Crippen LogP contribution in [0.1, 0.15) is 22.8 Å². The maximum atomic E-state index is 10.2.